The maximum atomic E-state index is 11.7. The van der Waals surface area contributed by atoms with E-state index in [1.807, 2.05) is 0 Å². The van der Waals surface area contributed by atoms with Gasteiger partial charge in [0, 0.05) is 6.54 Å². The number of primary sulfonamides is 1. The van der Waals surface area contributed by atoms with Gasteiger partial charge in [-0.1, -0.05) is 23.9 Å². The Labute approximate surface area is 143 Å². The summed E-state index contributed by atoms with van der Waals surface area (Å²) in [6.45, 7) is 0.424. The highest BCUT2D eigenvalue weighted by Gasteiger charge is 2.08. The Hall–Kier alpha value is -2.24. The van der Waals surface area contributed by atoms with Crippen molar-refractivity contribution in [2.24, 2.45) is 5.14 Å². The Morgan fingerprint density at radius 1 is 1.21 bits per heavy atom. The molecule has 0 bridgehead atoms. The number of benzene rings is 1. The van der Waals surface area contributed by atoms with Crippen LogP contribution in [0.4, 0.5) is 5.95 Å². The third kappa shape index (κ3) is 5.76. The minimum atomic E-state index is -3.69. The molecule has 11 heteroatoms. The first-order chi connectivity index (χ1) is 11.3. The molecule has 0 fully saturated rings. The molecule has 0 saturated heterocycles. The number of anilines is 1. The molecule has 1 heterocycles. The van der Waals surface area contributed by atoms with Crippen molar-refractivity contribution in [3.8, 4) is 0 Å². The fourth-order valence-electron chi connectivity index (χ4n) is 1.74. The first-order valence-corrected chi connectivity index (χ1v) is 9.33. The summed E-state index contributed by atoms with van der Waals surface area (Å²) in [6.07, 6.45) is 1.85. The number of amides is 1. The number of hydrogen-bond acceptors (Lipinski definition) is 8. The number of sulfonamides is 1. The van der Waals surface area contributed by atoms with E-state index in [0.717, 1.165) is 17.3 Å². The fraction of sp³-hybridized carbons (Fsp3) is 0.231. The lowest BCUT2D eigenvalue weighted by Gasteiger charge is -2.06. The molecule has 0 unspecified atom stereocenters. The van der Waals surface area contributed by atoms with Gasteiger partial charge in [-0.05, 0) is 24.1 Å². The molecule has 0 atom stereocenters. The van der Waals surface area contributed by atoms with Crippen LogP contribution in [0, 0.1) is 0 Å². The Balaban J connectivity index is 1.74. The van der Waals surface area contributed by atoms with Gasteiger partial charge in [0.1, 0.15) is 6.33 Å². The number of hydrogen-bond donors (Lipinski definition) is 3. The molecule has 9 nitrogen and oxygen atoms in total. The number of thioether (sulfide) groups is 1. The first kappa shape index (κ1) is 18.1. The Morgan fingerprint density at radius 2 is 1.92 bits per heavy atom. The molecule has 0 aliphatic rings. The lowest BCUT2D eigenvalue weighted by Crippen LogP contribution is -2.27. The van der Waals surface area contributed by atoms with Crippen LogP contribution in [0.25, 0.3) is 0 Å². The zero-order valence-corrected chi connectivity index (χ0v) is 14.2. The van der Waals surface area contributed by atoms with Gasteiger partial charge < -0.3 is 11.1 Å². The Morgan fingerprint density at radius 3 is 2.54 bits per heavy atom. The van der Waals surface area contributed by atoms with Gasteiger partial charge in [-0.2, -0.15) is 4.98 Å². The summed E-state index contributed by atoms with van der Waals surface area (Å²) in [6, 6.07) is 6.20. The van der Waals surface area contributed by atoms with Crippen molar-refractivity contribution in [2.75, 3.05) is 18.0 Å². The first-order valence-electron chi connectivity index (χ1n) is 6.80. The number of nitrogen functional groups attached to an aromatic ring is 1. The minimum Gasteiger partial charge on any atom is -0.368 e. The van der Waals surface area contributed by atoms with Crippen LogP contribution in [0.15, 0.2) is 40.6 Å². The molecule has 0 radical (unpaired) electrons. The zero-order chi connectivity index (χ0) is 17.6. The van der Waals surface area contributed by atoms with E-state index >= 15 is 0 Å². The molecule has 0 spiro atoms. The molecule has 0 aliphatic carbocycles. The summed E-state index contributed by atoms with van der Waals surface area (Å²) < 4.78 is 22.3. The van der Waals surface area contributed by atoms with Gasteiger partial charge in [-0.25, -0.2) is 23.5 Å². The number of rotatable bonds is 7. The van der Waals surface area contributed by atoms with E-state index < -0.39 is 10.0 Å². The summed E-state index contributed by atoms with van der Waals surface area (Å²) in [5.74, 6) is 0.101. The summed E-state index contributed by atoms with van der Waals surface area (Å²) in [4.78, 5) is 23.2. The predicted octanol–water partition coefficient (Wildman–Crippen LogP) is -0.448. The van der Waals surface area contributed by atoms with Crippen LogP contribution in [0.3, 0.4) is 0 Å². The monoisotopic (exact) mass is 368 g/mol. The smallest absolute Gasteiger partial charge is 0.238 e. The average Bonchev–Trinajstić information content (AvgIpc) is 2.53. The van der Waals surface area contributed by atoms with Crippen LogP contribution in [0.5, 0.6) is 0 Å². The number of nitrogens with two attached hydrogens (primary N) is 2. The lowest BCUT2D eigenvalue weighted by molar-refractivity contribution is -0.118. The number of nitrogens with zero attached hydrogens (tertiary/aromatic N) is 3. The second-order valence-corrected chi connectivity index (χ2v) is 7.21. The molecule has 1 aromatic heterocycles. The van der Waals surface area contributed by atoms with Crippen molar-refractivity contribution in [3.05, 3.63) is 36.2 Å². The molecular formula is C13H16N6O3S2. The molecular weight excluding hydrogens is 352 g/mol. The second kappa shape index (κ2) is 8.04. The Bertz CT molecular complexity index is 811. The maximum absolute atomic E-state index is 11.7. The van der Waals surface area contributed by atoms with Crippen molar-refractivity contribution in [2.45, 2.75) is 16.5 Å². The molecule has 2 aromatic rings. The molecule has 2 rings (SSSR count). The SMILES string of the molecule is Nc1ncnc(SCC(=O)NCCc2ccc(S(N)(=O)=O)cc2)n1. The van der Waals surface area contributed by atoms with Crippen LogP contribution in [-0.4, -0.2) is 41.6 Å². The van der Waals surface area contributed by atoms with Crippen molar-refractivity contribution in [1.82, 2.24) is 20.3 Å². The maximum Gasteiger partial charge on any atom is 0.238 e. The van der Waals surface area contributed by atoms with Gasteiger partial charge in [0.25, 0.3) is 0 Å². The minimum absolute atomic E-state index is 0.0586. The Kier molecular flexibility index (Phi) is 6.06. The standard InChI is InChI=1S/C13H16N6O3S2/c14-12-17-8-18-13(19-12)23-7-11(20)16-6-5-9-1-3-10(4-2-9)24(15,21)22/h1-4,8H,5-7H2,(H,16,20)(H2,15,21,22)(H2,14,17,18,19). The van der Waals surface area contributed by atoms with Crippen molar-refractivity contribution in [3.63, 3.8) is 0 Å². The average molecular weight is 368 g/mol. The molecule has 1 aromatic carbocycles. The highest BCUT2D eigenvalue weighted by atomic mass is 32.2. The van der Waals surface area contributed by atoms with E-state index in [9.17, 15) is 13.2 Å². The normalized spacial score (nSPS) is 11.2. The molecule has 1 amide bonds. The van der Waals surface area contributed by atoms with Gasteiger partial charge in [0.15, 0.2) is 5.16 Å². The summed E-state index contributed by atoms with van der Waals surface area (Å²) in [5.41, 5.74) is 6.31. The molecule has 0 aliphatic heterocycles. The van der Waals surface area contributed by atoms with Crippen molar-refractivity contribution in [1.29, 1.82) is 0 Å². The highest BCUT2D eigenvalue weighted by molar-refractivity contribution is 7.99. The molecule has 24 heavy (non-hydrogen) atoms. The number of nitrogens with one attached hydrogen (secondary N) is 1. The third-order valence-electron chi connectivity index (χ3n) is 2.89. The fourth-order valence-corrected chi connectivity index (χ4v) is 2.89. The second-order valence-electron chi connectivity index (χ2n) is 4.70. The van der Waals surface area contributed by atoms with Crippen LogP contribution in [0.1, 0.15) is 5.56 Å². The number of aromatic nitrogens is 3. The molecule has 0 saturated carbocycles. The lowest BCUT2D eigenvalue weighted by atomic mass is 10.1. The van der Waals surface area contributed by atoms with Crippen molar-refractivity contribution >= 4 is 33.6 Å². The summed E-state index contributed by atoms with van der Waals surface area (Å²) in [7, 11) is -3.69. The van der Waals surface area contributed by atoms with E-state index in [0.29, 0.717) is 18.1 Å². The van der Waals surface area contributed by atoms with E-state index in [-0.39, 0.29) is 22.5 Å². The number of carbonyl (C=O) groups excluding carboxylic acids is 1. The number of carbonyl (C=O) groups is 1. The van der Waals surface area contributed by atoms with Gasteiger partial charge in [-0.15, -0.1) is 0 Å². The van der Waals surface area contributed by atoms with Crippen LogP contribution in [-0.2, 0) is 21.2 Å². The quantitative estimate of drug-likeness (QED) is 0.555. The summed E-state index contributed by atoms with van der Waals surface area (Å²) in [5, 5.41) is 8.17. The van der Waals surface area contributed by atoms with Gasteiger partial charge >= 0.3 is 0 Å². The van der Waals surface area contributed by atoms with Gasteiger partial charge in [0.05, 0.1) is 10.6 Å². The largest absolute Gasteiger partial charge is 0.368 e. The van der Waals surface area contributed by atoms with Crippen LogP contribution < -0.4 is 16.2 Å². The molecule has 5 N–H and O–H groups in total. The highest BCUT2D eigenvalue weighted by Crippen LogP contribution is 2.11. The zero-order valence-electron chi connectivity index (χ0n) is 12.5. The van der Waals surface area contributed by atoms with Crippen molar-refractivity contribution < 1.29 is 13.2 Å². The van der Waals surface area contributed by atoms with E-state index in [4.69, 9.17) is 10.9 Å². The van der Waals surface area contributed by atoms with E-state index in [2.05, 4.69) is 20.3 Å². The predicted molar refractivity (Wildman–Crippen MR) is 89.5 cm³/mol. The van der Waals surface area contributed by atoms with Crippen LogP contribution >= 0.6 is 11.8 Å². The van der Waals surface area contributed by atoms with E-state index in [1.54, 1.807) is 12.1 Å². The summed E-state index contributed by atoms with van der Waals surface area (Å²) >= 11 is 1.16. The molecule has 128 valence electrons. The van der Waals surface area contributed by atoms with E-state index in [1.165, 1.54) is 18.5 Å². The van der Waals surface area contributed by atoms with Gasteiger partial charge in [0.2, 0.25) is 21.9 Å². The van der Waals surface area contributed by atoms with Crippen LogP contribution in [0.2, 0.25) is 0 Å². The van der Waals surface area contributed by atoms with Gasteiger partial charge in [-0.3, -0.25) is 4.79 Å². The third-order valence-corrected chi connectivity index (χ3v) is 4.68. The topological polar surface area (TPSA) is 154 Å².